The van der Waals surface area contributed by atoms with Crippen molar-refractivity contribution in [3.8, 4) is 0 Å². The van der Waals surface area contributed by atoms with Crippen LogP contribution in [0.3, 0.4) is 0 Å². The van der Waals surface area contributed by atoms with E-state index in [4.69, 9.17) is 13.6 Å². The third kappa shape index (κ3) is 2.23. The van der Waals surface area contributed by atoms with Crippen LogP contribution in [-0.2, 0) is 13.6 Å². The van der Waals surface area contributed by atoms with Crippen LogP contribution in [0.25, 0.3) is 0 Å². The van der Waals surface area contributed by atoms with Gasteiger partial charge in [-0.2, -0.15) is 0 Å². The molecule has 0 aromatic carbocycles. The van der Waals surface area contributed by atoms with Crippen molar-refractivity contribution in [3.05, 3.63) is 12.8 Å². The van der Waals surface area contributed by atoms with E-state index in [-0.39, 0.29) is 0 Å². The minimum atomic E-state index is -2.43. The van der Waals surface area contributed by atoms with Crippen molar-refractivity contribution in [2.45, 2.75) is 0 Å². The lowest BCUT2D eigenvalue weighted by Crippen LogP contribution is -1.89. The van der Waals surface area contributed by atoms with Crippen molar-refractivity contribution >= 4 is 7.74 Å². The molecule has 0 bridgehead atoms. The molecule has 0 aliphatic heterocycles. The van der Waals surface area contributed by atoms with Crippen LogP contribution >= 0.6 is 7.74 Å². The monoisotopic (exact) mass is 165 g/mol. The molecule has 5 heteroatoms. The van der Waals surface area contributed by atoms with E-state index in [1.165, 1.54) is 27.5 Å². The second-order valence-electron chi connectivity index (χ2n) is 1.31. The molecule has 60 valence electrons. The van der Waals surface area contributed by atoms with E-state index in [1.807, 2.05) is 0 Å². The summed E-state index contributed by atoms with van der Waals surface area (Å²) in [7, 11) is 2.01. The van der Waals surface area contributed by atoms with Gasteiger partial charge in [-0.05, 0) is 0 Å². The highest BCUT2D eigenvalue weighted by Crippen LogP contribution is 2.50. The quantitative estimate of drug-likeness (QED) is 0.598. The molecule has 0 aromatic heterocycles. The lowest BCUT2D eigenvalue weighted by Gasteiger charge is -2.15. The van der Waals surface area contributed by atoms with Crippen molar-refractivity contribution < 1.29 is 13.6 Å². The molecule has 0 aliphatic carbocycles. The predicted octanol–water partition coefficient (Wildman–Crippen LogP) is 2.02. The zero-order valence-electron chi connectivity index (χ0n) is 6.40. The fourth-order valence-electron chi connectivity index (χ4n) is 0.465. The Morgan fingerprint density at radius 3 is 1.70 bits per heavy atom. The summed E-state index contributed by atoms with van der Waals surface area (Å²) in [4.78, 5) is 0. The molecule has 0 N–H and O–H groups in total. The van der Waals surface area contributed by atoms with Crippen molar-refractivity contribution in [2.75, 3.05) is 21.3 Å². The molecular formula is C5H12NO3P. The SMILES string of the molecule is C=CN=P(OC)(OC)OC. The fraction of sp³-hybridized carbons (Fsp3) is 0.600. The van der Waals surface area contributed by atoms with Gasteiger partial charge in [-0.3, -0.25) is 0 Å². The Hall–Kier alpha value is -0.150. The standard InChI is InChI=1S/C5H12NO3P/c1-5-6-10(7-2,8-3)9-4/h5H,1H2,2-4H3. The summed E-state index contributed by atoms with van der Waals surface area (Å²) in [5, 5.41) is 0. The van der Waals surface area contributed by atoms with Crippen LogP contribution < -0.4 is 0 Å². The summed E-state index contributed by atoms with van der Waals surface area (Å²) < 4.78 is 18.5. The average Bonchev–Trinajstić information content (AvgIpc) is 2.01. The van der Waals surface area contributed by atoms with E-state index in [0.717, 1.165) is 0 Å². The molecule has 4 nitrogen and oxygen atoms in total. The number of hydrogen-bond donors (Lipinski definition) is 0. The van der Waals surface area contributed by atoms with Gasteiger partial charge in [0, 0.05) is 27.5 Å². The lowest BCUT2D eigenvalue weighted by molar-refractivity contribution is 0.224. The van der Waals surface area contributed by atoms with Crippen molar-refractivity contribution in [3.63, 3.8) is 0 Å². The molecule has 0 aromatic rings. The normalized spacial score (nSPS) is 11.1. The first-order valence-electron chi connectivity index (χ1n) is 2.64. The fourth-order valence-corrected chi connectivity index (χ4v) is 1.40. The van der Waals surface area contributed by atoms with E-state index in [1.54, 1.807) is 0 Å². The van der Waals surface area contributed by atoms with Gasteiger partial charge >= 0.3 is 7.74 Å². The molecule has 10 heavy (non-hydrogen) atoms. The molecule has 0 amide bonds. The molecule has 0 heterocycles. The number of nitrogens with zero attached hydrogens (tertiary/aromatic N) is 1. The Kier molecular flexibility index (Phi) is 4.56. The minimum Gasteiger partial charge on any atom is -0.306 e. The molecule has 0 radical (unpaired) electrons. The minimum absolute atomic E-state index is 1.35. The van der Waals surface area contributed by atoms with Crippen molar-refractivity contribution in [1.82, 2.24) is 0 Å². The summed E-state index contributed by atoms with van der Waals surface area (Å²) in [6.45, 7) is 3.41. The van der Waals surface area contributed by atoms with E-state index in [9.17, 15) is 0 Å². The first-order valence-corrected chi connectivity index (χ1v) is 4.13. The Morgan fingerprint density at radius 2 is 1.60 bits per heavy atom. The zero-order chi connectivity index (χ0) is 8.04. The van der Waals surface area contributed by atoms with Gasteiger partial charge in [0.25, 0.3) is 0 Å². The van der Waals surface area contributed by atoms with Gasteiger partial charge in [0.2, 0.25) is 0 Å². The maximum atomic E-state index is 4.91. The number of hydrogen-bond acceptors (Lipinski definition) is 4. The molecule has 0 unspecified atom stereocenters. The van der Waals surface area contributed by atoms with Crippen LogP contribution in [0.4, 0.5) is 0 Å². The molecule has 0 saturated carbocycles. The van der Waals surface area contributed by atoms with E-state index >= 15 is 0 Å². The van der Waals surface area contributed by atoms with Gasteiger partial charge in [-0.25, -0.2) is 4.74 Å². The molecular weight excluding hydrogens is 153 g/mol. The van der Waals surface area contributed by atoms with Gasteiger partial charge in [0.05, 0.1) is 0 Å². The summed E-state index contributed by atoms with van der Waals surface area (Å²) in [6, 6.07) is 0. The van der Waals surface area contributed by atoms with Gasteiger partial charge in [0.1, 0.15) is 0 Å². The third-order valence-electron chi connectivity index (χ3n) is 0.915. The molecule has 0 spiro atoms. The summed E-state index contributed by atoms with van der Waals surface area (Å²) in [5.41, 5.74) is 0. The first kappa shape index (κ1) is 9.85. The first-order chi connectivity index (χ1) is 4.74. The van der Waals surface area contributed by atoms with Crippen LogP contribution in [0.2, 0.25) is 0 Å². The molecule has 0 fully saturated rings. The summed E-state index contributed by atoms with van der Waals surface area (Å²) in [5.74, 6) is 0. The van der Waals surface area contributed by atoms with Crippen LogP contribution in [0.1, 0.15) is 0 Å². The average molecular weight is 165 g/mol. The Bertz CT molecular complexity index is 138. The van der Waals surface area contributed by atoms with Crippen LogP contribution in [0.5, 0.6) is 0 Å². The second kappa shape index (κ2) is 4.63. The molecule has 0 atom stereocenters. The van der Waals surface area contributed by atoms with Crippen LogP contribution in [0.15, 0.2) is 17.5 Å². The summed E-state index contributed by atoms with van der Waals surface area (Å²) in [6.07, 6.45) is 1.35. The summed E-state index contributed by atoms with van der Waals surface area (Å²) >= 11 is 0. The third-order valence-corrected chi connectivity index (χ3v) is 2.75. The van der Waals surface area contributed by atoms with Gasteiger partial charge in [-0.15, -0.1) is 0 Å². The van der Waals surface area contributed by atoms with Crippen LogP contribution in [-0.4, -0.2) is 21.3 Å². The Balaban J connectivity index is 4.45. The Morgan fingerprint density at radius 1 is 1.20 bits per heavy atom. The van der Waals surface area contributed by atoms with E-state index in [0.29, 0.717) is 0 Å². The maximum Gasteiger partial charge on any atom is 0.359 e. The zero-order valence-corrected chi connectivity index (χ0v) is 7.30. The highest BCUT2D eigenvalue weighted by Gasteiger charge is 2.15. The predicted molar refractivity (Wildman–Crippen MR) is 40.6 cm³/mol. The topological polar surface area (TPSA) is 40.0 Å². The van der Waals surface area contributed by atoms with Crippen molar-refractivity contribution in [2.24, 2.45) is 4.74 Å². The van der Waals surface area contributed by atoms with Gasteiger partial charge in [-0.1, -0.05) is 6.58 Å². The molecule has 0 saturated heterocycles. The van der Waals surface area contributed by atoms with Gasteiger partial charge < -0.3 is 13.6 Å². The Labute approximate surface area is 61.1 Å². The van der Waals surface area contributed by atoms with E-state index < -0.39 is 7.74 Å². The second-order valence-corrected chi connectivity index (χ2v) is 3.58. The highest BCUT2D eigenvalue weighted by molar-refractivity contribution is 7.51. The molecule has 0 aliphatic rings. The largest absolute Gasteiger partial charge is 0.359 e. The smallest absolute Gasteiger partial charge is 0.306 e. The lowest BCUT2D eigenvalue weighted by atomic mass is 11.1. The van der Waals surface area contributed by atoms with Gasteiger partial charge in [0.15, 0.2) is 0 Å². The number of rotatable bonds is 4. The maximum absolute atomic E-state index is 4.91. The van der Waals surface area contributed by atoms with E-state index in [2.05, 4.69) is 11.3 Å². The molecule has 0 rings (SSSR count). The van der Waals surface area contributed by atoms with Crippen LogP contribution in [0, 0.1) is 0 Å². The highest BCUT2D eigenvalue weighted by atomic mass is 31.2. The van der Waals surface area contributed by atoms with Crippen molar-refractivity contribution in [1.29, 1.82) is 0 Å².